The van der Waals surface area contributed by atoms with Crippen molar-refractivity contribution in [3.63, 3.8) is 0 Å². The number of hydrogen-bond donors (Lipinski definition) is 3. The minimum atomic E-state index is -5.01. The molecule has 0 amide bonds. The van der Waals surface area contributed by atoms with E-state index in [2.05, 4.69) is 6.92 Å². The molecule has 0 aromatic heterocycles. The summed E-state index contributed by atoms with van der Waals surface area (Å²) in [7, 11) is 0. The minimum Gasteiger partial charge on any atom is -0.396 e. The van der Waals surface area contributed by atoms with Crippen molar-refractivity contribution in [3.8, 4) is 0 Å². The van der Waals surface area contributed by atoms with E-state index in [1.807, 2.05) is 0 Å². The molecule has 0 rings (SSSR count). The molecule has 0 aliphatic rings. The molecular weight excluding hydrogens is 1180 g/mol. The molecule has 13 heteroatoms. The number of rotatable bonds is 70. The summed E-state index contributed by atoms with van der Waals surface area (Å²) in [5, 5.41) is 26.8. The fraction of sp³-hybridized carbons (Fsp3) is 0.956. The molecule has 0 aliphatic carbocycles. The van der Waals surface area contributed by atoms with E-state index in [0.29, 0.717) is 24.3 Å². The second kappa shape index (κ2) is 69.2. The summed E-state index contributed by atoms with van der Waals surface area (Å²) in [5.74, 6) is 1.96. The van der Waals surface area contributed by atoms with Crippen LogP contribution in [0.25, 0.3) is 0 Å². The first-order valence-corrected chi connectivity index (χ1v) is 44.1. The predicted octanol–water partition coefficient (Wildman–Crippen LogP) is 20.8. The van der Waals surface area contributed by atoms with Gasteiger partial charge < -0.3 is 15.3 Å². The monoisotopic (exact) mass is 1310 g/mol. The van der Waals surface area contributed by atoms with Crippen LogP contribution in [0.2, 0.25) is 4.44 Å². The first-order valence-electron chi connectivity index (χ1n) is 35.1. The summed E-state index contributed by atoms with van der Waals surface area (Å²) in [6.07, 6.45) is 66.6. The van der Waals surface area contributed by atoms with Crippen molar-refractivity contribution in [1.82, 2.24) is 0 Å². The van der Waals surface area contributed by atoms with Gasteiger partial charge in [-0.15, -0.1) is 0 Å². The van der Waals surface area contributed by atoms with Crippen LogP contribution in [0.4, 0.5) is 0 Å². The van der Waals surface area contributed by atoms with Gasteiger partial charge in [0.1, 0.15) is 0 Å². The summed E-state index contributed by atoms with van der Waals surface area (Å²) in [4.78, 5) is 41.0. The third-order valence-corrected chi connectivity index (χ3v) is 26.3. The van der Waals surface area contributed by atoms with E-state index in [4.69, 9.17) is 24.5 Å². The van der Waals surface area contributed by atoms with E-state index in [0.717, 1.165) is 107 Å². The standard InChI is InChI=1S/3C20H40O3S.C8H17.Sn/c3*21-17-15-13-11-9-7-5-3-1-2-4-6-8-10-12-14-16-18-24-19-20(22)23;1-3-5-7-8-6-4-2;/h3*21H,1-19H2,(H,22,23);1,3-8H2,2H3;/q;;;;+3/p-3. The zero-order valence-electron chi connectivity index (χ0n) is 53.3. The molecule has 9 nitrogen and oxygen atoms in total. The molecule has 0 aromatic carbocycles. The molecule has 0 spiro atoms. The van der Waals surface area contributed by atoms with E-state index >= 15 is 0 Å². The summed E-state index contributed by atoms with van der Waals surface area (Å²) >= 11 is -0.263. The molecule has 0 bridgehead atoms. The maximum absolute atomic E-state index is 13.7. The third kappa shape index (κ3) is 64.4. The normalized spacial score (nSPS) is 11.7. The van der Waals surface area contributed by atoms with Crippen molar-refractivity contribution in [2.24, 2.45) is 0 Å². The quantitative estimate of drug-likeness (QED) is 0.0395. The predicted molar refractivity (Wildman–Crippen MR) is 357 cm³/mol. The third-order valence-electron chi connectivity index (χ3n) is 15.9. The van der Waals surface area contributed by atoms with Gasteiger partial charge in [-0.2, -0.15) is 0 Å². The second-order valence-electron chi connectivity index (χ2n) is 23.9. The van der Waals surface area contributed by atoms with Crippen LogP contribution >= 0.6 is 35.3 Å². The summed E-state index contributed by atoms with van der Waals surface area (Å²) in [6.45, 7) is 3.20. The van der Waals surface area contributed by atoms with Crippen molar-refractivity contribution < 1.29 is 38.9 Å². The Morgan fingerprint density at radius 2 is 0.432 bits per heavy atom. The van der Waals surface area contributed by atoms with Crippen LogP contribution in [-0.4, -0.2) is 107 Å². The number of carbonyl (C=O) groups is 3. The number of unbranched alkanes of at least 4 members (excludes halogenated alkanes) is 50. The van der Waals surface area contributed by atoms with Crippen LogP contribution in [-0.2, 0) is 23.6 Å². The van der Waals surface area contributed by atoms with Crippen molar-refractivity contribution >= 4 is 72.8 Å². The van der Waals surface area contributed by atoms with Crippen molar-refractivity contribution in [2.75, 3.05) is 54.3 Å². The van der Waals surface area contributed by atoms with Gasteiger partial charge in [0.05, 0.1) is 0 Å². The Morgan fingerprint density at radius 1 is 0.259 bits per heavy atom. The van der Waals surface area contributed by atoms with E-state index in [1.54, 1.807) is 35.3 Å². The van der Waals surface area contributed by atoms with Crippen molar-refractivity contribution in [2.45, 2.75) is 358 Å². The van der Waals surface area contributed by atoms with Crippen LogP contribution in [0.1, 0.15) is 354 Å². The maximum atomic E-state index is 13.7. The van der Waals surface area contributed by atoms with Crippen LogP contribution in [0, 0.1) is 0 Å². The van der Waals surface area contributed by atoms with E-state index in [1.165, 1.54) is 257 Å². The van der Waals surface area contributed by atoms with Crippen LogP contribution in [0.5, 0.6) is 0 Å². The fourth-order valence-electron chi connectivity index (χ4n) is 10.8. The number of aliphatic hydroxyl groups is 3. The number of thioether (sulfide) groups is 3. The van der Waals surface area contributed by atoms with Crippen LogP contribution < -0.4 is 0 Å². The fourth-order valence-corrected chi connectivity index (χ4v) is 20.8. The summed E-state index contributed by atoms with van der Waals surface area (Å²) in [6, 6.07) is 0. The molecule has 0 atom stereocenters. The van der Waals surface area contributed by atoms with Gasteiger partial charge in [0, 0.05) is 19.8 Å². The minimum absolute atomic E-state index is 0.180. The average Bonchev–Trinajstić information content (AvgIpc) is 3.45. The Morgan fingerprint density at radius 3 is 0.630 bits per heavy atom. The van der Waals surface area contributed by atoms with E-state index in [9.17, 15) is 14.4 Å². The molecule has 482 valence electrons. The van der Waals surface area contributed by atoms with E-state index < -0.39 is 37.5 Å². The molecule has 3 N–H and O–H groups in total. The zero-order chi connectivity index (χ0) is 58.7. The Hall–Kier alpha value is 0.139. The molecule has 0 aliphatic heterocycles. The van der Waals surface area contributed by atoms with Gasteiger partial charge in [0.2, 0.25) is 0 Å². The molecule has 81 heavy (non-hydrogen) atoms. The summed E-state index contributed by atoms with van der Waals surface area (Å²) < 4.78 is 19.1. The molecule has 0 saturated heterocycles. The zero-order valence-corrected chi connectivity index (χ0v) is 58.6. The van der Waals surface area contributed by atoms with Gasteiger partial charge in [-0.05, 0) is 19.3 Å². The smallest absolute Gasteiger partial charge is 0.396 e. The van der Waals surface area contributed by atoms with Gasteiger partial charge in [-0.25, -0.2) is 0 Å². The van der Waals surface area contributed by atoms with Gasteiger partial charge >= 0.3 is 316 Å². The molecule has 0 unspecified atom stereocenters. The Labute approximate surface area is 520 Å². The molecule has 0 saturated carbocycles. The Balaban J connectivity index is 4.95. The van der Waals surface area contributed by atoms with Crippen LogP contribution in [0.15, 0.2) is 0 Å². The molecule has 0 radical (unpaired) electrons. The molecular formula is C68H134O9S3Sn. The summed E-state index contributed by atoms with van der Waals surface area (Å²) in [5.41, 5.74) is 0. The van der Waals surface area contributed by atoms with Crippen molar-refractivity contribution in [3.05, 3.63) is 0 Å². The SMILES string of the molecule is CCCCCCC[CH2][Sn]([O]C(=O)CSCCCCCCCCCCCCCCCCCCO)([O]C(=O)CSCCCCCCCCCCCCCCCCCCO)[O]C(=O)CSCCCCCCCCCCCCCCCCCCO. The Kier molecular flexibility index (Phi) is 69.4. The van der Waals surface area contributed by atoms with Crippen molar-refractivity contribution in [1.29, 1.82) is 0 Å². The van der Waals surface area contributed by atoms with Gasteiger partial charge in [-0.1, -0.05) is 154 Å². The van der Waals surface area contributed by atoms with Gasteiger partial charge in [0.25, 0.3) is 0 Å². The van der Waals surface area contributed by atoms with Gasteiger partial charge in [-0.3, -0.25) is 0 Å². The van der Waals surface area contributed by atoms with Gasteiger partial charge in [0.15, 0.2) is 0 Å². The number of hydrogen-bond acceptors (Lipinski definition) is 12. The Bertz CT molecular complexity index is 1150. The van der Waals surface area contributed by atoms with E-state index in [-0.39, 0.29) is 17.3 Å². The topological polar surface area (TPSA) is 140 Å². The molecule has 0 aromatic rings. The number of aliphatic hydroxyl groups excluding tert-OH is 3. The average molecular weight is 1310 g/mol. The second-order valence-corrected chi connectivity index (χ2v) is 34.3. The molecule has 0 heterocycles. The first-order chi connectivity index (χ1) is 39.9. The molecule has 0 fully saturated rings. The number of carbonyl (C=O) groups excluding carboxylic acids is 3. The first kappa shape index (κ1) is 81.1. The van der Waals surface area contributed by atoms with Crippen LogP contribution in [0.3, 0.4) is 0 Å².